The molecule has 3 rings (SSSR count). The van der Waals surface area contributed by atoms with E-state index in [2.05, 4.69) is 35.6 Å². The molecule has 0 spiro atoms. The molecule has 27 heavy (non-hydrogen) atoms. The number of benzene rings is 1. The van der Waals surface area contributed by atoms with Crippen LogP contribution in [0.5, 0.6) is 5.75 Å². The van der Waals surface area contributed by atoms with Crippen LogP contribution in [0.15, 0.2) is 46.8 Å². The minimum atomic E-state index is -0.145. The second kappa shape index (κ2) is 8.49. The Kier molecular flexibility index (Phi) is 6.08. The van der Waals surface area contributed by atoms with Crippen LogP contribution in [-0.2, 0) is 11.2 Å². The summed E-state index contributed by atoms with van der Waals surface area (Å²) >= 11 is 2.72. The van der Waals surface area contributed by atoms with Gasteiger partial charge in [0.2, 0.25) is 5.13 Å². The van der Waals surface area contributed by atoms with Crippen LogP contribution in [-0.4, -0.2) is 37.8 Å². The van der Waals surface area contributed by atoms with Crippen molar-refractivity contribution in [3.05, 3.63) is 52.4 Å². The highest BCUT2D eigenvalue weighted by molar-refractivity contribution is 8.18. The molecule has 0 unspecified atom stereocenters. The van der Waals surface area contributed by atoms with E-state index in [0.29, 0.717) is 27.7 Å². The fourth-order valence-corrected chi connectivity index (χ4v) is 4.42. The van der Waals surface area contributed by atoms with Gasteiger partial charge in [0.25, 0.3) is 5.91 Å². The molecule has 0 aliphatic carbocycles. The Morgan fingerprint density at radius 1 is 1.37 bits per heavy atom. The van der Waals surface area contributed by atoms with Crippen molar-refractivity contribution in [3.63, 3.8) is 0 Å². The maximum atomic E-state index is 12.7. The van der Waals surface area contributed by atoms with E-state index in [0.717, 1.165) is 17.0 Å². The molecule has 1 aromatic heterocycles. The molecule has 1 aliphatic heterocycles. The molecular formula is C19H20N4O2S2. The Morgan fingerprint density at radius 2 is 2.19 bits per heavy atom. The lowest BCUT2D eigenvalue weighted by Gasteiger charge is -2.11. The Labute approximate surface area is 166 Å². The van der Waals surface area contributed by atoms with Crippen LogP contribution in [0.25, 0.3) is 6.08 Å². The molecule has 1 aromatic carbocycles. The standard InChI is InChI=1S/C19H20N4O2S2/c1-4-8-23-17(25)15(11-13-6-5-7-14(24)10-13)26-19(23)20-18-22-21-16(27-18)9-12(2)3/h4-7,10-12,24H,1,8-9H2,2-3H3/b15-11+,20-19?. The van der Waals surface area contributed by atoms with E-state index in [1.807, 2.05) is 6.07 Å². The molecule has 0 saturated carbocycles. The number of aromatic hydroxyl groups is 1. The molecule has 0 radical (unpaired) electrons. The van der Waals surface area contributed by atoms with Crippen molar-refractivity contribution in [1.82, 2.24) is 15.1 Å². The average molecular weight is 401 g/mol. The number of aromatic nitrogens is 2. The first-order valence-corrected chi connectivity index (χ1v) is 10.1. The summed E-state index contributed by atoms with van der Waals surface area (Å²) in [5.41, 5.74) is 0.751. The normalized spacial score (nSPS) is 17.4. The van der Waals surface area contributed by atoms with Crippen molar-refractivity contribution in [2.75, 3.05) is 6.54 Å². The van der Waals surface area contributed by atoms with Crippen LogP contribution in [0.1, 0.15) is 24.4 Å². The molecule has 2 aromatic rings. The maximum absolute atomic E-state index is 12.7. The fourth-order valence-electron chi connectivity index (χ4n) is 2.45. The van der Waals surface area contributed by atoms with Gasteiger partial charge in [-0.3, -0.25) is 9.69 Å². The number of nitrogens with zero attached hydrogens (tertiary/aromatic N) is 4. The summed E-state index contributed by atoms with van der Waals surface area (Å²) in [6.07, 6.45) is 4.26. The Bertz CT molecular complexity index is 918. The number of phenols is 1. The van der Waals surface area contributed by atoms with Gasteiger partial charge < -0.3 is 5.11 Å². The number of aliphatic imine (C=N–C) groups is 1. The minimum Gasteiger partial charge on any atom is -0.508 e. The van der Waals surface area contributed by atoms with Gasteiger partial charge in [0.05, 0.1) is 4.91 Å². The zero-order valence-corrected chi connectivity index (χ0v) is 16.8. The van der Waals surface area contributed by atoms with Crippen LogP contribution in [0.3, 0.4) is 0 Å². The van der Waals surface area contributed by atoms with Crippen molar-refractivity contribution < 1.29 is 9.90 Å². The van der Waals surface area contributed by atoms with Gasteiger partial charge in [-0.05, 0) is 41.5 Å². The zero-order valence-electron chi connectivity index (χ0n) is 15.1. The number of phenolic OH excluding ortho intramolecular Hbond substituents is 1. The highest BCUT2D eigenvalue weighted by atomic mass is 32.2. The molecule has 1 saturated heterocycles. The minimum absolute atomic E-state index is 0.145. The van der Waals surface area contributed by atoms with Gasteiger partial charge in [-0.1, -0.05) is 43.4 Å². The molecule has 6 nitrogen and oxygen atoms in total. The van der Waals surface area contributed by atoms with E-state index in [-0.39, 0.29) is 11.7 Å². The van der Waals surface area contributed by atoms with Crippen LogP contribution in [0.4, 0.5) is 5.13 Å². The second-order valence-corrected chi connectivity index (χ2v) is 8.43. The Morgan fingerprint density at radius 3 is 2.89 bits per heavy atom. The van der Waals surface area contributed by atoms with Gasteiger partial charge in [0.15, 0.2) is 5.17 Å². The number of hydrogen-bond donors (Lipinski definition) is 1. The van der Waals surface area contributed by atoms with Gasteiger partial charge >= 0.3 is 0 Å². The van der Waals surface area contributed by atoms with Gasteiger partial charge in [-0.25, -0.2) is 0 Å². The number of carbonyl (C=O) groups excluding carboxylic acids is 1. The number of amidine groups is 1. The molecule has 1 aliphatic rings. The molecule has 1 amide bonds. The molecule has 1 N–H and O–H groups in total. The van der Waals surface area contributed by atoms with Gasteiger partial charge in [0, 0.05) is 13.0 Å². The summed E-state index contributed by atoms with van der Waals surface area (Å²) in [7, 11) is 0. The third kappa shape index (κ3) is 4.84. The SMILES string of the molecule is C=CCN1C(=O)/C(=C\c2cccc(O)c2)SC1=Nc1nnc(CC(C)C)s1. The summed E-state index contributed by atoms with van der Waals surface area (Å²) in [6.45, 7) is 8.34. The molecule has 8 heteroatoms. The first-order valence-electron chi connectivity index (χ1n) is 8.48. The largest absolute Gasteiger partial charge is 0.508 e. The molecule has 2 heterocycles. The first-order chi connectivity index (χ1) is 13.0. The van der Waals surface area contributed by atoms with Crippen LogP contribution < -0.4 is 0 Å². The van der Waals surface area contributed by atoms with E-state index in [9.17, 15) is 9.90 Å². The van der Waals surface area contributed by atoms with Crippen molar-refractivity contribution in [2.45, 2.75) is 20.3 Å². The van der Waals surface area contributed by atoms with Crippen molar-refractivity contribution >= 4 is 45.4 Å². The maximum Gasteiger partial charge on any atom is 0.267 e. The lowest BCUT2D eigenvalue weighted by molar-refractivity contribution is -0.121. The Hall–Kier alpha value is -2.45. The van der Waals surface area contributed by atoms with Gasteiger partial charge in [0.1, 0.15) is 10.8 Å². The number of carbonyl (C=O) groups is 1. The monoisotopic (exact) mass is 400 g/mol. The highest BCUT2D eigenvalue weighted by Crippen LogP contribution is 2.35. The van der Waals surface area contributed by atoms with E-state index >= 15 is 0 Å². The first kappa shape index (κ1) is 19.3. The summed E-state index contributed by atoms with van der Waals surface area (Å²) < 4.78 is 0. The molecule has 140 valence electrons. The Balaban J connectivity index is 1.89. The fraction of sp³-hybridized carbons (Fsp3) is 0.263. The van der Waals surface area contributed by atoms with Crippen LogP contribution >= 0.6 is 23.1 Å². The number of rotatable bonds is 6. The van der Waals surface area contributed by atoms with Crippen molar-refractivity contribution in [2.24, 2.45) is 10.9 Å². The summed E-state index contributed by atoms with van der Waals surface area (Å²) in [6, 6.07) is 6.76. The predicted octanol–water partition coefficient (Wildman–Crippen LogP) is 4.23. The average Bonchev–Trinajstić information content (AvgIpc) is 3.14. The number of hydrogen-bond acceptors (Lipinski definition) is 7. The summed E-state index contributed by atoms with van der Waals surface area (Å²) in [5, 5.41) is 19.9. The quantitative estimate of drug-likeness (QED) is 0.580. The molecule has 1 fully saturated rings. The molecule has 0 bridgehead atoms. The molecular weight excluding hydrogens is 380 g/mol. The lowest BCUT2D eigenvalue weighted by atomic mass is 10.1. The highest BCUT2D eigenvalue weighted by Gasteiger charge is 2.33. The lowest BCUT2D eigenvalue weighted by Crippen LogP contribution is -2.29. The molecule has 0 atom stereocenters. The van der Waals surface area contributed by atoms with Crippen LogP contribution in [0, 0.1) is 5.92 Å². The van der Waals surface area contributed by atoms with E-state index < -0.39 is 0 Å². The van der Waals surface area contributed by atoms with Crippen LogP contribution in [0.2, 0.25) is 0 Å². The number of amides is 1. The van der Waals surface area contributed by atoms with E-state index in [4.69, 9.17) is 0 Å². The predicted molar refractivity (Wildman–Crippen MR) is 111 cm³/mol. The van der Waals surface area contributed by atoms with Gasteiger partial charge in [-0.2, -0.15) is 4.99 Å². The zero-order chi connectivity index (χ0) is 19.4. The van der Waals surface area contributed by atoms with E-state index in [1.54, 1.807) is 35.3 Å². The van der Waals surface area contributed by atoms with E-state index in [1.165, 1.54) is 23.1 Å². The topological polar surface area (TPSA) is 78.7 Å². The summed E-state index contributed by atoms with van der Waals surface area (Å²) in [4.78, 5) is 19.4. The van der Waals surface area contributed by atoms with Crippen molar-refractivity contribution in [1.29, 1.82) is 0 Å². The second-order valence-electron chi connectivity index (χ2n) is 6.38. The smallest absolute Gasteiger partial charge is 0.267 e. The van der Waals surface area contributed by atoms with Gasteiger partial charge in [-0.15, -0.1) is 16.8 Å². The third-order valence-electron chi connectivity index (χ3n) is 3.60. The number of thioether (sulfide) groups is 1. The van der Waals surface area contributed by atoms with Crippen molar-refractivity contribution in [3.8, 4) is 5.75 Å². The third-order valence-corrected chi connectivity index (χ3v) is 5.44. The summed E-state index contributed by atoms with van der Waals surface area (Å²) in [5.74, 6) is 0.507.